The van der Waals surface area contributed by atoms with Crippen LogP contribution in [0.2, 0.25) is 0 Å². The van der Waals surface area contributed by atoms with Crippen molar-refractivity contribution < 1.29 is 14.6 Å². The van der Waals surface area contributed by atoms with E-state index in [1.54, 1.807) is 20.3 Å². The summed E-state index contributed by atoms with van der Waals surface area (Å²) in [6, 6.07) is 9.42. The van der Waals surface area contributed by atoms with Gasteiger partial charge in [0.15, 0.2) is 11.5 Å². The lowest BCUT2D eigenvalue weighted by atomic mass is 10.1. The lowest BCUT2D eigenvalue weighted by Crippen LogP contribution is -2.01. The Morgan fingerprint density at radius 3 is 2.52 bits per heavy atom. The molecular weight excluding hydrogens is 334 g/mol. The zero-order valence-corrected chi connectivity index (χ0v) is 13.8. The van der Waals surface area contributed by atoms with Gasteiger partial charge in [-0.1, -0.05) is 6.07 Å². The zero-order chi connectivity index (χ0) is 15.4. The van der Waals surface area contributed by atoms with Gasteiger partial charge in [-0.15, -0.1) is 0 Å². The van der Waals surface area contributed by atoms with Crippen LogP contribution in [0.25, 0.3) is 0 Å². The van der Waals surface area contributed by atoms with Crippen molar-refractivity contribution in [2.45, 2.75) is 13.5 Å². The molecule has 0 saturated heterocycles. The number of methoxy groups -OCH3 is 2. The molecule has 5 heteroatoms. The molecule has 0 aliphatic heterocycles. The minimum absolute atomic E-state index is 0.286. The number of phenols is 1. The monoisotopic (exact) mass is 351 g/mol. The molecule has 0 unspecified atom stereocenters. The number of anilines is 1. The molecule has 2 rings (SSSR count). The van der Waals surface area contributed by atoms with Crippen LogP contribution in [0.4, 0.5) is 5.69 Å². The van der Waals surface area contributed by atoms with Crippen molar-refractivity contribution in [3.05, 3.63) is 45.9 Å². The van der Waals surface area contributed by atoms with E-state index in [-0.39, 0.29) is 5.75 Å². The minimum atomic E-state index is 0.286. The molecule has 21 heavy (non-hydrogen) atoms. The van der Waals surface area contributed by atoms with Gasteiger partial charge in [0.2, 0.25) is 0 Å². The molecule has 2 aromatic rings. The first-order chi connectivity index (χ1) is 10.0. The number of nitrogens with one attached hydrogen (secondary N) is 1. The molecule has 0 radical (unpaired) electrons. The van der Waals surface area contributed by atoms with E-state index in [0.29, 0.717) is 18.0 Å². The quantitative estimate of drug-likeness (QED) is 0.851. The fourth-order valence-electron chi connectivity index (χ4n) is 2.00. The van der Waals surface area contributed by atoms with Crippen molar-refractivity contribution in [3.8, 4) is 17.2 Å². The van der Waals surface area contributed by atoms with Gasteiger partial charge in [0.05, 0.1) is 18.7 Å². The Balaban J connectivity index is 2.16. The SMILES string of the molecule is COc1cc(CNc2ccc(C)c(O)c2)cc(Br)c1OC. The Morgan fingerprint density at radius 1 is 1.14 bits per heavy atom. The van der Waals surface area contributed by atoms with Crippen LogP contribution < -0.4 is 14.8 Å². The second kappa shape index (κ2) is 6.72. The van der Waals surface area contributed by atoms with Crippen molar-refractivity contribution in [2.24, 2.45) is 0 Å². The number of benzene rings is 2. The Hall–Kier alpha value is -1.88. The summed E-state index contributed by atoms with van der Waals surface area (Å²) < 4.78 is 11.5. The Bertz CT molecular complexity index is 644. The maximum atomic E-state index is 9.71. The summed E-state index contributed by atoms with van der Waals surface area (Å²) in [5, 5.41) is 13.0. The first kappa shape index (κ1) is 15.5. The van der Waals surface area contributed by atoms with Gasteiger partial charge in [-0.25, -0.2) is 0 Å². The average Bonchev–Trinajstić information content (AvgIpc) is 2.47. The molecule has 0 spiro atoms. The second-order valence-corrected chi connectivity index (χ2v) is 5.52. The summed E-state index contributed by atoms with van der Waals surface area (Å²) in [7, 11) is 3.22. The van der Waals surface area contributed by atoms with Crippen LogP contribution in [0.1, 0.15) is 11.1 Å². The predicted octanol–water partition coefficient (Wildman–Crippen LogP) is 4.09. The molecular formula is C16H18BrNO3. The number of hydrogen-bond acceptors (Lipinski definition) is 4. The number of phenolic OH excluding ortho intramolecular Hbond substituents is 1. The highest BCUT2D eigenvalue weighted by atomic mass is 79.9. The molecule has 0 aliphatic carbocycles. The molecule has 0 bridgehead atoms. The van der Waals surface area contributed by atoms with E-state index in [1.165, 1.54) is 0 Å². The number of halogens is 1. The van der Waals surface area contributed by atoms with Crippen LogP contribution in [0.15, 0.2) is 34.8 Å². The summed E-state index contributed by atoms with van der Waals surface area (Å²) in [6.07, 6.45) is 0. The second-order valence-electron chi connectivity index (χ2n) is 4.67. The number of hydrogen-bond donors (Lipinski definition) is 2. The van der Waals surface area contributed by atoms with Crippen LogP contribution >= 0.6 is 15.9 Å². The molecule has 0 heterocycles. The van der Waals surface area contributed by atoms with E-state index in [4.69, 9.17) is 9.47 Å². The zero-order valence-electron chi connectivity index (χ0n) is 12.2. The maximum Gasteiger partial charge on any atom is 0.174 e. The van der Waals surface area contributed by atoms with E-state index in [0.717, 1.165) is 21.3 Å². The molecule has 2 N–H and O–H groups in total. The van der Waals surface area contributed by atoms with E-state index >= 15 is 0 Å². The molecule has 0 aliphatic rings. The first-order valence-electron chi connectivity index (χ1n) is 6.49. The molecule has 0 fully saturated rings. The van der Waals surface area contributed by atoms with E-state index in [1.807, 2.05) is 31.2 Å². The fraction of sp³-hybridized carbons (Fsp3) is 0.250. The normalized spacial score (nSPS) is 10.3. The summed E-state index contributed by atoms with van der Waals surface area (Å²) >= 11 is 3.47. The van der Waals surface area contributed by atoms with Gasteiger partial charge in [-0.3, -0.25) is 0 Å². The lowest BCUT2D eigenvalue weighted by molar-refractivity contribution is 0.352. The highest BCUT2D eigenvalue weighted by Gasteiger charge is 2.10. The van der Waals surface area contributed by atoms with Crippen LogP contribution in [-0.4, -0.2) is 19.3 Å². The molecule has 2 aromatic carbocycles. The van der Waals surface area contributed by atoms with Gasteiger partial charge < -0.3 is 19.9 Å². The minimum Gasteiger partial charge on any atom is -0.508 e. The van der Waals surface area contributed by atoms with E-state index in [9.17, 15) is 5.11 Å². The van der Waals surface area contributed by atoms with Gasteiger partial charge in [0.25, 0.3) is 0 Å². The standard InChI is InChI=1S/C16H18BrNO3/c1-10-4-5-12(8-14(10)19)18-9-11-6-13(17)16(21-3)15(7-11)20-2/h4-8,18-19H,9H2,1-3H3. The number of aromatic hydroxyl groups is 1. The first-order valence-corrected chi connectivity index (χ1v) is 7.28. The summed E-state index contributed by atoms with van der Waals surface area (Å²) in [6.45, 7) is 2.48. The fourth-order valence-corrected chi connectivity index (χ4v) is 2.65. The van der Waals surface area contributed by atoms with Gasteiger partial charge >= 0.3 is 0 Å². The van der Waals surface area contributed by atoms with Crippen LogP contribution in [0, 0.1) is 6.92 Å². The molecule has 0 aromatic heterocycles. The summed E-state index contributed by atoms with van der Waals surface area (Å²) in [5.74, 6) is 1.64. The average molecular weight is 352 g/mol. The van der Waals surface area contributed by atoms with Crippen molar-refractivity contribution in [1.82, 2.24) is 0 Å². The van der Waals surface area contributed by atoms with Gasteiger partial charge in [-0.05, 0) is 52.2 Å². The molecule has 0 amide bonds. The van der Waals surface area contributed by atoms with Gasteiger partial charge in [0.1, 0.15) is 5.75 Å². The third kappa shape index (κ3) is 3.61. The van der Waals surface area contributed by atoms with Crippen molar-refractivity contribution in [1.29, 1.82) is 0 Å². The predicted molar refractivity (Wildman–Crippen MR) is 87.4 cm³/mol. The van der Waals surface area contributed by atoms with Gasteiger partial charge in [-0.2, -0.15) is 0 Å². The lowest BCUT2D eigenvalue weighted by Gasteiger charge is -2.13. The van der Waals surface area contributed by atoms with Gasteiger partial charge in [0, 0.05) is 18.3 Å². The molecule has 112 valence electrons. The van der Waals surface area contributed by atoms with E-state index < -0.39 is 0 Å². The number of rotatable bonds is 5. The Labute approximate surface area is 132 Å². The summed E-state index contributed by atoms with van der Waals surface area (Å²) in [5.41, 5.74) is 2.76. The highest BCUT2D eigenvalue weighted by molar-refractivity contribution is 9.10. The third-order valence-corrected chi connectivity index (χ3v) is 3.79. The molecule has 0 atom stereocenters. The number of ether oxygens (including phenoxy) is 2. The van der Waals surface area contributed by atoms with Crippen molar-refractivity contribution in [3.63, 3.8) is 0 Å². The molecule has 0 saturated carbocycles. The molecule has 4 nitrogen and oxygen atoms in total. The van der Waals surface area contributed by atoms with Crippen molar-refractivity contribution >= 4 is 21.6 Å². The summed E-state index contributed by atoms with van der Waals surface area (Å²) in [4.78, 5) is 0. The van der Waals surface area contributed by atoms with Crippen LogP contribution in [-0.2, 0) is 6.54 Å². The largest absolute Gasteiger partial charge is 0.508 e. The Morgan fingerprint density at radius 2 is 1.90 bits per heavy atom. The van der Waals surface area contributed by atoms with Crippen LogP contribution in [0.5, 0.6) is 17.2 Å². The number of aryl methyl sites for hydroxylation is 1. The highest BCUT2D eigenvalue weighted by Crippen LogP contribution is 2.36. The third-order valence-electron chi connectivity index (χ3n) is 3.20. The maximum absolute atomic E-state index is 9.71. The van der Waals surface area contributed by atoms with Crippen molar-refractivity contribution in [2.75, 3.05) is 19.5 Å². The topological polar surface area (TPSA) is 50.7 Å². The van der Waals surface area contributed by atoms with Crippen LogP contribution in [0.3, 0.4) is 0 Å². The van der Waals surface area contributed by atoms with E-state index in [2.05, 4.69) is 21.2 Å². The smallest absolute Gasteiger partial charge is 0.174 e. The Kier molecular flexibility index (Phi) is 4.96.